The molecule has 1 fully saturated rings. The molecule has 0 spiro atoms. The van der Waals surface area contributed by atoms with Crippen molar-refractivity contribution < 1.29 is 0 Å². The van der Waals surface area contributed by atoms with Crippen LogP contribution in [0.3, 0.4) is 0 Å². The monoisotopic (exact) mass is 237 g/mol. The van der Waals surface area contributed by atoms with Crippen molar-refractivity contribution in [3.05, 3.63) is 5.82 Å². The van der Waals surface area contributed by atoms with Crippen LogP contribution >= 0.6 is 0 Å². The number of aromatic nitrogens is 3. The van der Waals surface area contributed by atoms with Crippen molar-refractivity contribution in [1.82, 2.24) is 25.2 Å². The van der Waals surface area contributed by atoms with Gasteiger partial charge in [-0.15, -0.1) is 0 Å². The Balaban J connectivity index is 2.06. The molecule has 0 saturated carbocycles. The van der Waals surface area contributed by atoms with Crippen LogP contribution in [-0.2, 0) is 6.54 Å². The number of nitrogens with zero attached hydrogens (tertiary/aromatic N) is 4. The van der Waals surface area contributed by atoms with Gasteiger partial charge in [0, 0.05) is 12.6 Å². The molecule has 94 valence electrons. The number of hydrogen-bond acceptors (Lipinski definition) is 7. The SMILES string of the molecule is CCN(Cc1nc(N)nc(N)n1)C1CCNC1. The lowest BCUT2D eigenvalue weighted by molar-refractivity contribution is 0.205. The van der Waals surface area contributed by atoms with E-state index in [1.54, 1.807) is 0 Å². The van der Waals surface area contributed by atoms with Gasteiger partial charge in [-0.25, -0.2) is 0 Å². The van der Waals surface area contributed by atoms with Crippen molar-refractivity contribution in [3.63, 3.8) is 0 Å². The molecule has 1 aliphatic heterocycles. The van der Waals surface area contributed by atoms with Crippen LogP contribution in [0.4, 0.5) is 11.9 Å². The van der Waals surface area contributed by atoms with Gasteiger partial charge >= 0.3 is 0 Å². The molecule has 2 heterocycles. The maximum atomic E-state index is 5.56. The molecule has 0 aliphatic carbocycles. The molecule has 7 nitrogen and oxygen atoms in total. The third kappa shape index (κ3) is 3.01. The van der Waals surface area contributed by atoms with E-state index in [0.717, 1.165) is 26.1 Å². The lowest BCUT2D eigenvalue weighted by atomic mass is 10.2. The molecule has 1 saturated heterocycles. The summed E-state index contributed by atoms with van der Waals surface area (Å²) in [4.78, 5) is 14.3. The van der Waals surface area contributed by atoms with Crippen molar-refractivity contribution in [3.8, 4) is 0 Å². The Morgan fingerprint density at radius 1 is 1.29 bits per heavy atom. The van der Waals surface area contributed by atoms with E-state index in [1.807, 2.05) is 0 Å². The van der Waals surface area contributed by atoms with Gasteiger partial charge in [0.1, 0.15) is 5.82 Å². The molecule has 0 amide bonds. The highest BCUT2D eigenvalue weighted by Gasteiger charge is 2.22. The highest BCUT2D eigenvalue weighted by molar-refractivity contribution is 5.25. The van der Waals surface area contributed by atoms with Crippen LogP contribution in [0.25, 0.3) is 0 Å². The smallest absolute Gasteiger partial charge is 0.225 e. The van der Waals surface area contributed by atoms with Gasteiger partial charge in [-0.05, 0) is 19.5 Å². The van der Waals surface area contributed by atoms with Crippen LogP contribution in [0.5, 0.6) is 0 Å². The second-order valence-electron chi connectivity index (χ2n) is 4.18. The second kappa shape index (κ2) is 5.24. The molecule has 0 radical (unpaired) electrons. The summed E-state index contributed by atoms with van der Waals surface area (Å²) in [6, 6.07) is 0.541. The molecule has 2 rings (SSSR count). The normalized spacial score (nSPS) is 20.0. The molecular formula is C10H19N7. The van der Waals surface area contributed by atoms with Gasteiger partial charge in [-0.1, -0.05) is 6.92 Å². The fourth-order valence-corrected chi connectivity index (χ4v) is 2.16. The Bertz CT molecular complexity index is 355. The molecule has 0 bridgehead atoms. The van der Waals surface area contributed by atoms with Crippen LogP contribution in [-0.4, -0.2) is 45.5 Å². The summed E-state index contributed by atoms with van der Waals surface area (Å²) < 4.78 is 0. The van der Waals surface area contributed by atoms with Crippen LogP contribution < -0.4 is 16.8 Å². The lowest BCUT2D eigenvalue weighted by Gasteiger charge is -2.25. The van der Waals surface area contributed by atoms with E-state index < -0.39 is 0 Å². The van der Waals surface area contributed by atoms with E-state index in [-0.39, 0.29) is 11.9 Å². The standard InChI is InChI=1S/C10H19N7/c1-2-17(7-3-4-13-5-7)6-8-14-9(11)16-10(12)15-8/h7,13H,2-6H2,1H3,(H4,11,12,14,15,16). The van der Waals surface area contributed by atoms with Gasteiger partial charge in [0.15, 0.2) is 0 Å². The molecule has 5 N–H and O–H groups in total. The molecule has 1 aromatic heterocycles. The first-order valence-corrected chi connectivity index (χ1v) is 5.89. The summed E-state index contributed by atoms with van der Waals surface area (Å²) in [5, 5.41) is 3.35. The molecule has 1 atom stereocenters. The predicted octanol–water partition coefficient (Wildman–Crippen LogP) is -0.780. The Labute approximate surface area is 101 Å². The minimum absolute atomic E-state index is 0.188. The molecular weight excluding hydrogens is 218 g/mol. The zero-order chi connectivity index (χ0) is 12.3. The Morgan fingerprint density at radius 2 is 2.00 bits per heavy atom. The van der Waals surface area contributed by atoms with Crippen LogP contribution in [0, 0.1) is 0 Å². The second-order valence-corrected chi connectivity index (χ2v) is 4.18. The van der Waals surface area contributed by atoms with E-state index in [2.05, 4.69) is 32.1 Å². The number of nitrogen functional groups attached to an aromatic ring is 2. The summed E-state index contributed by atoms with van der Waals surface area (Å²) in [5.74, 6) is 1.02. The number of rotatable bonds is 4. The minimum atomic E-state index is 0.188. The van der Waals surface area contributed by atoms with Crippen molar-refractivity contribution in [1.29, 1.82) is 0 Å². The number of likely N-dealkylation sites (N-methyl/N-ethyl adjacent to an activating group) is 1. The first-order valence-electron chi connectivity index (χ1n) is 5.89. The van der Waals surface area contributed by atoms with Gasteiger partial charge in [-0.3, -0.25) is 4.90 Å². The van der Waals surface area contributed by atoms with E-state index in [0.29, 0.717) is 18.4 Å². The van der Waals surface area contributed by atoms with Gasteiger partial charge in [0.2, 0.25) is 11.9 Å². The summed E-state index contributed by atoms with van der Waals surface area (Å²) in [6.07, 6.45) is 1.16. The summed E-state index contributed by atoms with van der Waals surface area (Å²) in [6.45, 7) is 5.84. The minimum Gasteiger partial charge on any atom is -0.368 e. The van der Waals surface area contributed by atoms with E-state index in [9.17, 15) is 0 Å². The largest absolute Gasteiger partial charge is 0.368 e. The van der Waals surface area contributed by atoms with Crippen LogP contribution in [0.15, 0.2) is 0 Å². The van der Waals surface area contributed by atoms with Crippen molar-refractivity contribution in [2.75, 3.05) is 31.1 Å². The fourth-order valence-electron chi connectivity index (χ4n) is 2.16. The first kappa shape index (κ1) is 12.0. The quantitative estimate of drug-likeness (QED) is 0.630. The fraction of sp³-hybridized carbons (Fsp3) is 0.700. The molecule has 7 heteroatoms. The average Bonchev–Trinajstić information content (AvgIpc) is 2.77. The first-order chi connectivity index (χ1) is 8.19. The topological polar surface area (TPSA) is 106 Å². The van der Waals surface area contributed by atoms with Crippen molar-refractivity contribution in [2.45, 2.75) is 25.9 Å². The Hall–Kier alpha value is -1.47. The zero-order valence-corrected chi connectivity index (χ0v) is 10.1. The number of nitrogens with two attached hydrogens (primary N) is 2. The van der Waals surface area contributed by atoms with Gasteiger partial charge in [-0.2, -0.15) is 15.0 Å². The van der Waals surface area contributed by atoms with E-state index >= 15 is 0 Å². The molecule has 1 aliphatic rings. The van der Waals surface area contributed by atoms with Gasteiger partial charge in [0.05, 0.1) is 6.54 Å². The molecule has 17 heavy (non-hydrogen) atoms. The lowest BCUT2D eigenvalue weighted by Crippen LogP contribution is -2.36. The van der Waals surface area contributed by atoms with E-state index in [1.165, 1.54) is 0 Å². The van der Waals surface area contributed by atoms with Gasteiger partial charge in [0.25, 0.3) is 0 Å². The van der Waals surface area contributed by atoms with Crippen LogP contribution in [0.1, 0.15) is 19.2 Å². The van der Waals surface area contributed by atoms with Crippen molar-refractivity contribution in [2.24, 2.45) is 0 Å². The average molecular weight is 237 g/mol. The molecule has 1 unspecified atom stereocenters. The number of hydrogen-bond donors (Lipinski definition) is 3. The maximum Gasteiger partial charge on any atom is 0.225 e. The highest BCUT2D eigenvalue weighted by atomic mass is 15.2. The summed E-state index contributed by atoms with van der Waals surface area (Å²) in [5.41, 5.74) is 11.1. The van der Waals surface area contributed by atoms with Gasteiger partial charge < -0.3 is 16.8 Å². The third-order valence-corrected chi connectivity index (χ3v) is 3.02. The summed E-state index contributed by atoms with van der Waals surface area (Å²) >= 11 is 0. The molecule has 0 aromatic carbocycles. The number of nitrogens with one attached hydrogen (secondary N) is 1. The Kier molecular flexibility index (Phi) is 3.70. The highest BCUT2D eigenvalue weighted by Crippen LogP contribution is 2.11. The van der Waals surface area contributed by atoms with Crippen molar-refractivity contribution >= 4 is 11.9 Å². The third-order valence-electron chi connectivity index (χ3n) is 3.02. The Morgan fingerprint density at radius 3 is 2.53 bits per heavy atom. The summed E-state index contributed by atoms with van der Waals surface area (Å²) in [7, 11) is 0. The molecule has 1 aromatic rings. The van der Waals surface area contributed by atoms with E-state index in [4.69, 9.17) is 11.5 Å². The van der Waals surface area contributed by atoms with Crippen LogP contribution in [0.2, 0.25) is 0 Å². The number of anilines is 2. The maximum absolute atomic E-state index is 5.56. The predicted molar refractivity (Wildman–Crippen MR) is 66.0 cm³/mol. The zero-order valence-electron chi connectivity index (χ0n) is 10.1.